The molecule has 0 aliphatic heterocycles. The summed E-state index contributed by atoms with van der Waals surface area (Å²) in [6, 6.07) is 8.06. The second-order valence-corrected chi connectivity index (χ2v) is 10.0. The van der Waals surface area contributed by atoms with Crippen LogP contribution in [0, 0.1) is 12.8 Å². The lowest BCUT2D eigenvalue weighted by Crippen LogP contribution is -2.20. The standard InChI is InChI=1S/C22H25N5O2S2/c1-12-5-4-6-14(9-12)20-25-26-22(27(20)3)30-11-17(28)24-21-18(19(23)29)15-8-7-13(2)10-16(15)31-21/h4-6,9,13H,7-8,10-11H2,1-3H3,(H2,23,29)(H,24,28). The molecule has 1 unspecified atom stereocenters. The maximum atomic E-state index is 12.6. The highest BCUT2D eigenvalue weighted by Gasteiger charge is 2.27. The topological polar surface area (TPSA) is 103 Å². The fourth-order valence-electron chi connectivity index (χ4n) is 3.87. The maximum Gasteiger partial charge on any atom is 0.251 e. The zero-order valence-corrected chi connectivity index (χ0v) is 19.4. The average Bonchev–Trinajstić information content (AvgIpc) is 3.25. The molecule has 1 atom stereocenters. The zero-order chi connectivity index (χ0) is 22.1. The lowest BCUT2D eigenvalue weighted by molar-refractivity contribution is -0.113. The lowest BCUT2D eigenvalue weighted by atomic mass is 9.88. The van der Waals surface area contributed by atoms with E-state index in [2.05, 4.69) is 28.5 Å². The number of carbonyl (C=O) groups is 2. The number of rotatable bonds is 6. The lowest BCUT2D eigenvalue weighted by Gasteiger charge is -2.18. The highest BCUT2D eigenvalue weighted by atomic mass is 32.2. The molecule has 0 fully saturated rings. The van der Waals surface area contributed by atoms with Crippen molar-refractivity contribution in [3.8, 4) is 11.4 Å². The summed E-state index contributed by atoms with van der Waals surface area (Å²) in [6.45, 7) is 4.23. The van der Waals surface area contributed by atoms with Crippen LogP contribution in [-0.2, 0) is 24.7 Å². The van der Waals surface area contributed by atoms with Gasteiger partial charge >= 0.3 is 0 Å². The van der Waals surface area contributed by atoms with Gasteiger partial charge in [-0.3, -0.25) is 9.59 Å². The Labute approximate surface area is 189 Å². The molecule has 0 radical (unpaired) electrons. The third-order valence-electron chi connectivity index (χ3n) is 5.45. The molecular weight excluding hydrogens is 430 g/mol. The SMILES string of the molecule is Cc1cccc(-c2nnc(SCC(=O)Nc3sc4c(c3C(N)=O)CCC(C)C4)n2C)c1. The molecule has 3 N–H and O–H groups in total. The van der Waals surface area contributed by atoms with E-state index in [1.54, 1.807) is 0 Å². The van der Waals surface area contributed by atoms with Crippen molar-refractivity contribution in [2.45, 2.75) is 38.3 Å². The Balaban J connectivity index is 1.46. The van der Waals surface area contributed by atoms with E-state index in [0.29, 0.717) is 21.6 Å². The van der Waals surface area contributed by atoms with E-state index in [0.717, 1.165) is 46.7 Å². The Hall–Kier alpha value is -2.65. The summed E-state index contributed by atoms with van der Waals surface area (Å²) in [5, 5.41) is 12.6. The Morgan fingerprint density at radius 3 is 2.90 bits per heavy atom. The fraction of sp³-hybridized carbons (Fsp3) is 0.364. The van der Waals surface area contributed by atoms with Crippen molar-refractivity contribution in [2.24, 2.45) is 18.7 Å². The second kappa shape index (κ2) is 8.84. The molecule has 2 amide bonds. The van der Waals surface area contributed by atoms with Crippen LogP contribution in [0.15, 0.2) is 29.4 Å². The summed E-state index contributed by atoms with van der Waals surface area (Å²) in [5.74, 6) is 0.814. The van der Waals surface area contributed by atoms with Crippen LogP contribution < -0.4 is 11.1 Å². The molecule has 1 aromatic carbocycles. The van der Waals surface area contributed by atoms with Crippen LogP contribution in [0.3, 0.4) is 0 Å². The maximum absolute atomic E-state index is 12.6. The van der Waals surface area contributed by atoms with Crippen molar-refractivity contribution in [1.29, 1.82) is 0 Å². The summed E-state index contributed by atoms with van der Waals surface area (Å²) in [6.07, 6.45) is 2.78. The Bertz CT molecular complexity index is 1150. The van der Waals surface area contributed by atoms with Gasteiger partial charge in [0.25, 0.3) is 5.91 Å². The molecule has 7 nitrogen and oxygen atoms in total. The van der Waals surface area contributed by atoms with Gasteiger partial charge in [0.1, 0.15) is 5.00 Å². The Kier molecular flexibility index (Phi) is 6.15. The van der Waals surface area contributed by atoms with E-state index in [1.165, 1.54) is 23.1 Å². The van der Waals surface area contributed by atoms with Gasteiger partial charge in [0, 0.05) is 17.5 Å². The van der Waals surface area contributed by atoms with Gasteiger partial charge in [0.15, 0.2) is 11.0 Å². The average molecular weight is 456 g/mol. The molecule has 0 bridgehead atoms. The van der Waals surface area contributed by atoms with Crippen LogP contribution in [-0.4, -0.2) is 32.3 Å². The minimum Gasteiger partial charge on any atom is -0.365 e. The predicted octanol–water partition coefficient (Wildman–Crippen LogP) is 3.81. The number of aromatic nitrogens is 3. The third-order valence-corrected chi connectivity index (χ3v) is 7.64. The third kappa shape index (κ3) is 4.52. The molecule has 2 aromatic heterocycles. The van der Waals surface area contributed by atoms with Gasteiger partial charge in [-0.1, -0.05) is 42.4 Å². The number of aryl methyl sites for hydroxylation is 1. The molecule has 1 aliphatic carbocycles. The number of hydrogen-bond donors (Lipinski definition) is 2. The van der Waals surface area contributed by atoms with Crippen LogP contribution in [0.5, 0.6) is 0 Å². The first-order valence-electron chi connectivity index (χ1n) is 10.2. The van der Waals surface area contributed by atoms with Crippen LogP contribution in [0.4, 0.5) is 5.00 Å². The van der Waals surface area contributed by atoms with E-state index in [9.17, 15) is 9.59 Å². The summed E-state index contributed by atoms with van der Waals surface area (Å²) in [7, 11) is 1.89. The van der Waals surface area contributed by atoms with Crippen LogP contribution >= 0.6 is 23.1 Å². The summed E-state index contributed by atoms with van der Waals surface area (Å²) in [5.41, 5.74) is 9.25. The highest BCUT2D eigenvalue weighted by molar-refractivity contribution is 7.99. The first-order chi connectivity index (χ1) is 14.8. The number of carbonyl (C=O) groups excluding carboxylic acids is 2. The summed E-state index contributed by atoms with van der Waals surface area (Å²) >= 11 is 2.78. The van der Waals surface area contributed by atoms with Gasteiger partial charge in [-0.05, 0) is 43.7 Å². The molecular formula is C22H25N5O2S2. The summed E-state index contributed by atoms with van der Waals surface area (Å²) < 4.78 is 1.88. The van der Waals surface area contributed by atoms with Crippen molar-refractivity contribution < 1.29 is 9.59 Å². The minimum atomic E-state index is -0.480. The zero-order valence-electron chi connectivity index (χ0n) is 17.8. The van der Waals surface area contributed by atoms with Crippen molar-refractivity contribution in [3.63, 3.8) is 0 Å². The number of primary amides is 1. The molecule has 0 saturated heterocycles. The number of nitrogens with one attached hydrogen (secondary N) is 1. The largest absolute Gasteiger partial charge is 0.365 e. The van der Waals surface area contributed by atoms with Gasteiger partial charge in [-0.2, -0.15) is 0 Å². The number of thioether (sulfide) groups is 1. The van der Waals surface area contributed by atoms with Gasteiger partial charge < -0.3 is 15.6 Å². The van der Waals surface area contributed by atoms with Crippen LogP contribution in [0.1, 0.15) is 39.7 Å². The molecule has 4 rings (SSSR count). The number of benzene rings is 1. The molecule has 31 heavy (non-hydrogen) atoms. The van der Waals surface area contributed by atoms with E-state index in [-0.39, 0.29) is 11.7 Å². The molecule has 162 valence electrons. The highest BCUT2D eigenvalue weighted by Crippen LogP contribution is 2.39. The van der Waals surface area contributed by atoms with Crippen molar-refractivity contribution in [1.82, 2.24) is 14.8 Å². The Morgan fingerprint density at radius 1 is 1.35 bits per heavy atom. The smallest absolute Gasteiger partial charge is 0.251 e. The van der Waals surface area contributed by atoms with Crippen LogP contribution in [0.25, 0.3) is 11.4 Å². The van der Waals surface area contributed by atoms with Crippen molar-refractivity contribution in [2.75, 3.05) is 11.1 Å². The predicted molar refractivity (Wildman–Crippen MR) is 125 cm³/mol. The first kappa shape index (κ1) is 21.6. The number of anilines is 1. The molecule has 2 heterocycles. The van der Waals surface area contributed by atoms with E-state index >= 15 is 0 Å². The monoisotopic (exact) mass is 455 g/mol. The number of hydrogen-bond acceptors (Lipinski definition) is 6. The molecule has 0 saturated carbocycles. The number of nitrogens with two attached hydrogens (primary N) is 1. The van der Waals surface area contributed by atoms with Gasteiger partial charge in [0.05, 0.1) is 11.3 Å². The van der Waals surface area contributed by atoms with E-state index < -0.39 is 5.91 Å². The molecule has 9 heteroatoms. The number of thiophene rings is 1. The molecule has 0 spiro atoms. The number of amides is 2. The molecule has 3 aromatic rings. The summed E-state index contributed by atoms with van der Waals surface area (Å²) in [4.78, 5) is 25.8. The Morgan fingerprint density at radius 2 is 2.16 bits per heavy atom. The van der Waals surface area contributed by atoms with Gasteiger partial charge in [0.2, 0.25) is 5.91 Å². The van der Waals surface area contributed by atoms with E-state index in [4.69, 9.17) is 5.73 Å². The normalized spacial score (nSPS) is 15.5. The number of fused-ring (bicyclic) bond motifs is 1. The fourth-order valence-corrected chi connectivity index (χ4v) is 6.01. The number of nitrogens with zero attached hydrogens (tertiary/aromatic N) is 3. The van der Waals surface area contributed by atoms with E-state index in [1.807, 2.05) is 36.7 Å². The van der Waals surface area contributed by atoms with Gasteiger partial charge in [-0.15, -0.1) is 21.5 Å². The van der Waals surface area contributed by atoms with Gasteiger partial charge in [-0.25, -0.2) is 0 Å². The van der Waals surface area contributed by atoms with Crippen molar-refractivity contribution in [3.05, 3.63) is 45.8 Å². The second-order valence-electron chi connectivity index (χ2n) is 7.99. The first-order valence-corrected chi connectivity index (χ1v) is 12.0. The quantitative estimate of drug-likeness (QED) is 0.550. The molecule has 1 aliphatic rings. The van der Waals surface area contributed by atoms with Crippen molar-refractivity contribution >= 4 is 39.9 Å². The van der Waals surface area contributed by atoms with Crippen LogP contribution in [0.2, 0.25) is 0 Å². The minimum absolute atomic E-state index is 0.164.